The number of hydrogen-bond donors (Lipinski definition) is 1. The largest absolute Gasteiger partial charge is 0.534 e. The van der Waals surface area contributed by atoms with E-state index in [1.54, 1.807) is 0 Å². The van der Waals surface area contributed by atoms with Crippen molar-refractivity contribution in [3.05, 3.63) is 46.9 Å². The van der Waals surface area contributed by atoms with Gasteiger partial charge < -0.3 is 9.50 Å². The molecule has 2 aliphatic carbocycles. The van der Waals surface area contributed by atoms with Crippen LogP contribution in [0.3, 0.4) is 0 Å². The molecule has 13 heteroatoms. The van der Waals surface area contributed by atoms with E-state index in [-0.39, 0.29) is 28.8 Å². The van der Waals surface area contributed by atoms with E-state index in [1.165, 1.54) is 0 Å². The first-order valence-corrected chi connectivity index (χ1v) is 10.4. The normalized spacial score (nSPS) is 20.6. The van der Waals surface area contributed by atoms with Gasteiger partial charge in [0.25, 0.3) is 0 Å². The average Bonchev–Trinajstić information content (AvgIpc) is 3.25. The molecular weight excluding hydrogens is 457 g/mol. The summed E-state index contributed by atoms with van der Waals surface area (Å²) >= 11 is 0. The Balaban J connectivity index is 1.74. The second-order valence-electron chi connectivity index (χ2n) is 7.31. The number of pyridine rings is 1. The van der Waals surface area contributed by atoms with Gasteiger partial charge in [-0.25, -0.2) is 9.37 Å². The molecule has 2 unspecified atom stereocenters. The van der Waals surface area contributed by atoms with Gasteiger partial charge in [-0.15, -0.1) is 0 Å². The highest BCUT2D eigenvalue weighted by molar-refractivity contribution is 7.87. The van der Waals surface area contributed by atoms with E-state index in [0.717, 1.165) is 12.3 Å². The second kappa shape index (κ2) is 6.97. The Labute approximate surface area is 171 Å². The molecule has 0 spiro atoms. The first-order chi connectivity index (χ1) is 14.3. The number of nitrogens with one attached hydrogen (secondary N) is 1. The fourth-order valence-corrected chi connectivity index (χ4v) is 4.59. The molecule has 168 valence electrons. The van der Waals surface area contributed by atoms with Gasteiger partial charge in [-0.2, -0.15) is 34.8 Å². The number of alkyl halides is 6. The van der Waals surface area contributed by atoms with Crippen LogP contribution in [0.5, 0.6) is 5.88 Å². The average molecular weight is 470 g/mol. The molecule has 5 nitrogen and oxygen atoms in total. The van der Waals surface area contributed by atoms with Gasteiger partial charge in [0.2, 0.25) is 5.88 Å². The summed E-state index contributed by atoms with van der Waals surface area (Å²) in [6.07, 6.45) is -2.16. The summed E-state index contributed by atoms with van der Waals surface area (Å²) in [5.41, 5.74) is -6.42. The highest BCUT2D eigenvalue weighted by atomic mass is 32.2. The van der Waals surface area contributed by atoms with Crippen molar-refractivity contribution in [1.82, 2.24) is 4.98 Å². The van der Waals surface area contributed by atoms with Gasteiger partial charge in [-0.1, -0.05) is 0 Å². The maximum atomic E-state index is 13.5. The molecule has 1 fully saturated rings. The van der Waals surface area contributed by atoms with Crippen molar-refractivity contribution in [2.24, 2.45) is 0 Å². The topological polar surface area (TPSA) is 68.3 Å². The van der Waals surface area contributed by atoms with Crippen molar-refractivity contribution in [2.75, 3.05) is 5.32 Å². The van der Waals surface area contributed by atoms with E-state index < -0.39 is 39.1 Å². The summed E-state index contributed by atoms with van der Waals surface area (Å²) in [5, 5.41) is 2.69. The molecule has 1 aromatic heterocycles. The van der Waals surface area contributed by atoms with Crippen LogP contribution in [0, 0.1) is 5.82 Å². The maximum absolute atomic E-state index is 13.5. The summed E-state index contributed by atoms with van der Waals surface area (Å²) in [5.74, 6) is -2.59. The summed E-state index contributed by atoms with van der Waals surface area (Å²) in [6, 6.07) is 2.27. The minimum absolute atomic E-state index is 0.114. The highest BCUT2D eigenvalue weighted by Gasteiger charge is 2.50. The van der Waals surface area contributed by atoms with Crippen LogP contribution in [-0.2, 0) is 16.3 Å². The molecule has 2 aromatic rings. The summed E-state index contributed by atoms with van der Waals surface area (Å²) < 4.78 is 118. The van der Waals surface area contributed by atoms with Crippen LogP contribution in [-0.4, -0.2) is 18.9 Å². The number of fused-ring (bicyclic) bond motifs is 5. The quantitative estimate of drug-likeness (QED) is 0.359. The molecule has 2 atom stereocenters. The zero-order valence-corrected chi connectivity index (χ0v) is 16.1. The van der Waals surface area contributed by atoms with Gasteiger partial charge >= 0.3 is 21.8 Å². The molecule has 0 amide bonds. The number of benzene rings is 1. The summed E-state index contributed by atoms with van der Waals surface area (Å²) in [7, 11) is -5.94. The van der Waals surface area contributed by atoms with E-state index in [2.05, 4.69) is 14.5 Å². The predicted octanol–water partition coefficient (Wildman–Crippen LogP) is 5.58. The third kappa shape index (κ3) is 3.79. The van der Waals surface area contributed by atoms with E-state index in [9.17, 15) is 39.2 Å². The lowest BCUT2D eigenvalue weighted by molar-refractivity contribution is -0.139. The van der Waals surface area contributed by atoms with Crippen LogP contribution < -0.4 is 9.50 Å². The molecule has 4 rings (SSSR count). The van der Waals surface area contributed by atoms with Crippen molar-refractivity contribution in [2.45, 2.75) is 42.8 Å². The Morgan fingerprint density at radius 3 is 2.29 bits per heavy atom. The van der Waals surface area contributed by atoms with Crippen molar-refractivity contribution >= 4 is 21.5 Å². The van der Waals surface area contributed by atoms with Gasteiger partial charge in [-0.3, -0.25) is 0 Å². The fourth-order valence-electron chi connectivity index (χ4n) is 4.16. The number of rotatable bonds is 4. The van der Waals surface area contributed by atoms with Gasteiger partial charge in [0.05, 0.1) is 17.4 Å². The SMILES string of the molecule is O=S(=O)(Oc1ncc(Nc2ccc(F)c(C(F)(F)F)c2)c2c1C1CCC2C1)C(F)(F)F. The third-order valence-electron chi connectivity index (χ3n) is 5.39. The third-order valence-corrected chi connectivity index (χ3v) is 6.34. The Hall–Kier alpha value is -2.57. The van der Waals surface area contributed by atoms with Gasteiger partial charge in [0.15, 0.2) is 0 Å². The number of hydrogen-bond acceptors (Lipinski definition) is 5. The molecule has 2 aliphatic rings. The minimum atomic E-state index is -5.94. The summed E-state index contributed by atoms with van der Waals surface area (Å²) in [6.45, 7) is 0. The Morgan fingerprint density at radius 1 is 1.03 bits per heavy atom. The lowest BCUT2D eigenvalue weighted by Crippen LogP contribution is -2.29. The van der Waals surface area contributed by atoms with Crippen LogP contribution >= 0.6 is 0 Å². The molecule has 31 heavy (non-hydrogen) atoms. The number of halogens is 7. The molecule has 0 aliphatic heterocycles. The molecule has 1 saturated carbocycles. The highest BCUT2D eigenvalue weighted by Crippen LogP contribution is 2.58. The second-order valence-corrected chi connectivity index (χ2v) is 8.85. The molecule has 0 saturated heterocycles. The molecule has 2 bridgehead atoms. The first kappa shape index (κ1) is 21.7. The molecular formula is C18H13F7N2O3S. The zero-order valence-electron chi connectivity index (χ0n) is 15.3. The van der Waals surface area contributed by atoms with Gasteiger partial charge in [0, 0.05) is 11.3 Å². The van der Waals surface area contributed by atoms with Crippen molar-refractivity contribution in [3.63, 3.8) is 0 Å². The minimum Gasteiger partial charge on any atom is -0.355 e. The lowest BCUT2D eigenvalue weighted by atomic mass is 9.91. The molecule has 1 heterocycles. The molecule has 0 radical (unpaired) electrons. The fraction of sp³-hybridized carbons (Fsp3) is 0.389. The predicted molar refractivity (Wildman–Crippen MR) is 93.9 cm³/mol. The number of nitrogens with zero attached hydrogens (tertiary/aromatic N) is 1. The smallest absolute Gasteiger partial charge is 0.355 e. The Kier molecular flexibility index (Phi) is 4.87. The Morgan fingerprint density at radius 2 is 1.68 bits per heavy atom. The number of aromatic nitrogens is 1. The van der Waals surface area contributed by atoms with Crippen molar-refractivity contribution in [3.8, 4) is 5.88 Å². The Bertz CT molecular complexity index is 1150. The van der Waals surface area contributed by atoms with Crippen LogP contribution in [0.25, 0.3) is 0 Å². The van der Waals surface area contributed by atoms with E-state index >= 15 is 0 Å². The molecule has 1 aromatic carbocycles. The lowest BCUT2D eigenvalue weighted by Gasteiger charge is -2.22. The van der Waals surface area contributed by atoms with Crippen LogP contribution in [0.1, 0.15) is 47.8 Å². The van der Waals surface area contributed by atoms with Crippen LogP contribution in [0.15, 0.2) is 24.4 Å². The summed E-state index contributed by atoms with van der Waals surface area (Å²) in [4.78, 5) is 3.69. The maximum Gasteiger partial charge on any atom is 0.534 e. The molecule has 1 N–H and O–H groups in total. The first-order valence-electron chi connectivity index (χ1n) is 8.95. The van der Waals surface area contributed by atoms with E-state index in [4.69, 9.17) is 0 Å². The van der Waals surface area contributed by atoms with Crippen LogP contribution in [0.4, 0.5) is 42.1 Å². The van der Waals surface area contributed by atoms with Crippen molar-refractivity contribution < 1.29 is 43.3 Å². The van der Waals surface area contributed by atoms with Crippen LogP contribution in [0.2, 0.25) is 0 Å². The monoisotopic (exact) mass is 470 g/mol. The van der Waals surface area contributed by atoms with Gasteiger partial charge in [-0.05, 0) is 54.9 Å². The van der Waals surface area contributed by atoms with E-state index in [1.807, 2.05) is 0 Å². The standard InChI is InChI=1S/C18H13F7N2O3S/c19-12-4-3-10(6-11(12)17(20,21)22)27-13-7-26-16(30-31(28,29)18(23,24)25)15-9-2-1-8(5-9)14(13)15/h3-4,6-9,27H,1-2,5H2. The van der Waals surface area contributed by atoms with E-state index in [0.29, 0.717) is 37.0 Å². The number of anilines is 2. The van der Waals surface area contributed by atoms with Gasteiger partial charge in [0.1, 0.15) is 5.82 Å². The van der Waals surface area contributed by atoms with Crippen molar-refractivity contribution in [1.29, 1.82) is 0 Å². The zero-order chi connectivity index (χ0) is 22.8.